The van der Waals surface area contributed by atoms with Gasteiger partial charge >= 0.3 is 6.36 Å². The van der Waals surface area contributed by atoms with Crippen molar-refractivity contribution in [2.24, 2.45) is 0 Å². The fourth-order valence-corrected chi connectivity index (χ4v) is 1.53. The summed E-state index contributed by atoms with van der Waals surface area (Å²) in [5, 5.41) is 0. The van der Waals surface area contributed by atoms with Gasteiger partial charge in [-0.15, -0.1) is 13.2 Å². The summed E-state index contributed by atoms with van der Waals surface area (Å²) in [4.78, 5) is 4.05. The number of rotatable bonds is 2. The Morgan fingerprint density at radius 3 is 2.19 bits per heavy atom. The third-order valence-electron chi connectivity index (χ3n) is 2.24. The van der Waals surface area contributed by atoms with E-state index in [0.29, 0.717) is 0 Å². The largest absolute Gasteiger partial charge is 0.573 e. The molecule has 0 aliphatic rings. The van der Waals surface area contributed by atoms with Crippen LogP contribution < -0.4 is 4.74 Å². The Kier molecular flexibility index (Phi) is 3.45. The van der Waals surface area contributed by atoms with Crippen molar-refractivity contribution >= 4 is 0 Å². The summed E-state index contributed by atoms with van der Waals surface area (Å²) in [6.07, 6.45) is -4.67. The Morgan fingerprint density at radius 1 is 1.19 bits per heavy atom. The molecule has 0 aliphatic carbocycles. The van der Waals surface area contributed by atoms with Gasteiger partial charge in [0.15, 0.2) is 5.75 Å². The normalized spacial score (nSPS) is 12.0. The molecule has 0 saturated carbocycles. The van der Waals surface area contributed by atoms with E-state index in [-0.39, 0.29) is 17.4 Å². The summed E-state index contributed by atoms with van der Waals surface area (Å²) >= 11 is 0. The molecule has 16 heavy (non-hydrogen) atoms. The van der Waals surface area contributed by atoms with Gasteiger partial charge in [0.25, 0.3) is 0 Å². The van der Waals surface area contributed by atoms with Crippen molar-refractivity contribution in [2.75, 3.05) is 0 Å². The van der Waals surface area contributed by atoms with Gasteiger partial charge in [0, 0.05) is 5.69 Å². The zero-order valence-electron chi connectivity index (χ0n) is 9.64. The number of pyridine rings is 1. The summed E-state index contributed by atoms with van der Waals surface area (Å²) in [7, 11) is 0. The van der Waals surface area contributed by atoms with Crippen molar-refractivity contribution in [3.05, 3.63) is 23.0 Å². The van der Waals surface area contributed by atoms with Crippen LogP contribution in [0, 0.1) is 13.8 Å². The molecule has 0 unspecified atom stereocenters. The maximum absolute atomic E-state index is 12.1. The molecule has 0 aromatic carbocycles. The van der Waals surface area contributed by atoms with Crippen molar-refractivity contribution in [3.63, 3.8) is 0 Å². The molecule has 1 heterocycles. The van der Waals surface area contributed by atoms with Crippen molar-refractivity contribution in [3.8, 4) is 5.75 Å². The van der Waals surface area contributed by atoms with Crippen LogP contribution in [0.2, 0.25) is 0 Å². The number of halogens is 3. The Hall–Kier alpha value is -1.26. The number of aromatic nitrogens is 1. The molecule has 0 fully saturated rings. The minimum absolute atomic E-state index is 0.115. The monoisotopic (exact) mass is 233 g/mol. The molecule has 1 aromatic heterocycles. The quantitative estimate of drug-likeness (QED) is 0.776. The summed E-state index contributed by atoms with van der Waals surface area (Å²) in [5.74, 6) is -0.106. The van der Waals surface area contributed by atoms with Gasteiger partial charge in [-0.05, 0) is 31.4 Å². The highest BCUT2D eigenvalue weighted by molar-refractivity contribution is 5.36. The van der Waals surface area contributed by atoms with Gasteiger partial charge in [0.2, 0.25) is 0 Å². The van der Waals surface area contributed by atoms with E-state index in [2.05, 4.69) is 9.72 Å². The lowest BCUT2D eigenvalue weighted by molar-refractivity contribution is -0.275. The van der Waals surface area contributed by atoms with Crippen LogP contribution in [0.3, 0.4) is 0 Å². The van der Waals surface area contributed by atoms with E-state index in [0.717, 1.165) is 11.3 Å². The minimum atomic E-state index is -4.67. The van der Waals surface area contributed by atoms with Crippen LogP contribution in [0.15, 0.2) is 6.07 Å². The van der Waals surface area contributed by atoms with Gasteiger partial charge < -0.3 is 4.74 Å². The van der Waals surface area contributed by atoms with Gasteiger partial charge in [-0.2, -0.15) is 0 Å². The van der Waals surface area contributed by atoms with Crippen molar-refractivity contribution in [1.29, 1.82) is 0 Å². The van der Waals surface area contributed by atoms with E-state index in [4.69, 9.17) is 0 Å². The zero-order valence-corrected chi connectivity index (χ0v) is 9.64. The minimum Gasteiger partial charge on any atom is -0.404 e. The van der Waals surface area contributed by atoms with Crippen LogP contribution in [0.5, 0.6) is 5.75 Å². The second-order valence-corrected chi connectivity index (χ2v) is 3.95. The lowest BCUT2D eigenvalue weighted by Gasteiger charge is -2.15. The molecule has 90 valence electrons. The molecular weight excluding hydrogens is 219 g/mol. The van der Waals surface area contributed by atoms with Crippen LogP contribution in [0.4, 0.5) is 13.2 Å². The topological polar surface area (TPSA) is 22.1 Å². The number of ether oxygens (including phenoxy) is 1. The summed E-state index contributed by atoms with van der Waals surface area (Å²) < 4.78 is 40.2. The molecule has 0 amide bonds. The molecule has 2 nitrogen and oxygen atoms in total. The average molecular weight is 233 g/mol. The predicted molar refractivity (Wildman–Crippen MR) is 54.5 cm³/mol. The SMILES string of the molecule is Cc1nc(C)c(C(C)C)cc1OC(F)(F)F. The van der Waals surface area contributed by atoms with Crippen LogP contribution in [-0.4, -0.2) is 11.3 Å². The molecule has 0 atom stereocenters. The van der Waals surface area contributed by atoms with E-state index in [1.54, 1.807) is 6.92 Å². The Balaban J connectivity index is 3.15. The van der Waals surface area contributed by atoms with Crippen LogP contribution >= 0.6 is 0 Å². The first-order valence-corrected chi connectivity index (χ1v) is 4.94. The Bertz CT molecular complexity index is 386. The van der Waals surface area contributed by atoms with Crippen molar-refractivity contribution in [1.82, 2.24) is 4.98 Å². The number of hydrogen-bond acceptors (Lipinski definition) is 2. The molecule has 0 radical (unpaired) electrons. The third-order valence-corrected chi connectivity index (χ3v) is 2.24. The first-order valence-electron chi connectivity index (χ1n) is 4.94. The van der Waals surface area contributed by atoms with E-state index in [1.165, 1.54) is 13.0 Å². The average Bonchev–Trinajstić information content (AvgIpc) is 2.07. The number of aryl methyl sites for hydroxylation is 2. The van der Waals surface area contributed by atoms with Crippen molar-refractivity contribution < 1.29 is 17.9 Å². The van der Waals surface area contributed by atoms with Gasteiger partial charge in [0.05, 0.1) is 5.69 Å². The molecular formula is C11H14F3NO. The van der Waals surface area contributed by atoms with E-state index in [9.17, 15) is 13.2 Å². The number of nitrogens with zero attached hydrogens (tertiary/aromatic N) is 1. The lowest BCUT2D eigenvalue weighted by Crippen LogP contribution is -2.18. The fourth-order valence-electron chi connectivity index (χ4n) is 1.53. The van der Waals surface area contributed by atoms with Crippen molar-refractivity contribution in [2.45, 2.75) is 40.0 Å². The number of hydrogen-bond donors (Lipinski definition) is 0. The maximum Gasteiger partial charge on any atom is 0.573 e. The molecule has 1 aromatic rings. The van der Waals surface area contributed by atoms with Crippen LogP contribution in [-0.2, 0) is 0 Å². The van der Waals surface area contributed by atoms with Gasteiger partial charge in [-0.3, -0.25) is 4.98 Å². The van der Waals surface area contributed by atoms with Gasteiger partial charge in [-0.25, -0.2) is 0 Å². The third kappa shape index (κ3) is 3.12. The van der Waals surface area contributed by atoms with E-state index < -0.39 is 6.36 Å². The maximum atomic E-state index is 12.1. The highest BCUT2D eigenvalue weighted by Crippen LogP contribution is 2.29. The first kappa shape index (κ1) is 12.8. The predicted octanol–water partition coefficient (Wildman–Crippen LogP) is 3.72. The highest BCUT2D eigenvalue weighted by atomic mass is 19.4. The van der Waals surface area contributed by atoms with E-state index >= 15 is 0 Å². The molecule has 0 aliphatic heterocycles. The van der Waals surface area contributed by atoms with Crippen LogP contribution in [0.25, 0.3) is 0 Å². The summed E-state index contributed by atoms with van der Waals surface area (Å²) in [6, 6.07) is 1.41. The van der Waals surface area contributed by atoms with Gasteiger partial charge in [-0.1, -0.05) is 13.8 Å². The molecule has 1 rings (SSSR count). The smallest absolute Gasteiger partial charge is 0.404 e. The number of alkyl halides is 3. The summed E-state index contributed by atoms with van der Waals surface area (Å²) in [5.41, 5.74) is 1.76. The Labute approximate surface area is 92.5 Å². The molecule has 0 spiro atoms. The lowest BCUT2D eigenvalue weighted by atomic mass is 10.0. The molecule has 0 N–H and O–H groups in total. The summed E-state index contributed by atoms with van der Waals surface area (Å²) in [6.45, 7) is 7.07. The highest BCUT2D eigenvalue weighted by Gasteiger charge is 2.32. The molecule has 0 bridgehead atoms. The first-order chi connectivity index (χ1) is 7.20. The Morgan fingerprint density at radius 2 is 1.75 bits per heavy atom. The van der Waals surface area contributed by atoms with Crippen LogP contribution in [0.1, 0.15) is 36.7 Å². The molecule has 0 saturated heterocycles. The zero-order chi connectivity index (χ0) is 12.5. The second-order valence-electron chi connectivity index (χ2n) is 3.95. The van der Waals surface area contributed by atoms with E-state index in [1.807, 2.05) is 13.8 Å². The molecule has 5 heteroatoms. The standard InChI is InChI=1S/C11H14F3NO/c1-6(2)9-5-10(16-11(12,13)14)8(4)15-7(9)3/h5-6H,1-4H3. The van der Waals surface area contributed by atoms with Gasteiger partial charge in [0.1, 0.15) is 0 Å². The second kappa shape index (κ2) is 4.31. The fraction of sp³-hybridized carbons (Fsp3) is 0.545.